The Kier molecular flexibility index (Phi) is 4.78. The minimum atomic E-state index is -4.45. The van der Waals surface area contributed by atoms with Gasteiger partial charge in [-0.15, -0.1) is 0 Å². The van der Waals surface area contributed by atoms with Gasteiger partial charge < -0.3 is 9.64 Å². The van der Waals surface area contributed by atoms with Gasteiger partial charge in [0.2, 0.25) is 5.88 Å². The predicted octanol–water partition coefficient (Wildman–Crippen LogP) is 5.80. The number of hydrogen-bond acceptors (Lipinski definition) is 3. The van der Waals surface area contributed by atoms with Gasteiger partial charge in [-0.2, -0.15) is 13.2 Å². The Hall–Kier alpha value is -1.66. The summed E-state index contributed by atoms with van der Waals surface area (Å²) in [6.45, 7) is 1.88. The lowest BCUT2D eigenvalue weighted by Gasteiger charge is -2.19. The fourth-order valence-corrected chi connectivity index (χ4v) is 3.07. The van der Waals surface area contributed by atoms with Crippen LogP contribution in [0.15, 0.2) is 30.5 Å². The van der Waals surface area contributed by atoms with Gasteiger partial charge in [0.05, 0.1) is 15.6 Å². The van der Waals surface area contributed by atoms with E-state index in [9.17, 15) is 13.2 Å². The molecule has 0 radical (unpaired) electrons. The van der Waals surface area contributed by atoms with E-state index >= 15 is 0 Å². The molecular weight excluding hydrogens is 364 g/mol. The van der Waals surface area contributed by atoms with E-state index in [0.717, 1.165) is 43.8 Å². The summed E-state index contributed by atoms with van der Waals surface area (Å²) >= 11 is 12.4. The summed E-state index contributed by atoms with van der Waals surface area (Å²) in [5.74, 6) is 0.161. The molecule has 3 rings (SSSR count). The van der Waals surface area contributed by atoms with E-state index in [2.05, 4.69) is 9.88 Å². The van der Waals surface area contributed by atoms with Gasteiger partial charge in [0.25, 0.3) is 0 Å². The van der Waals surface area contributed by atoms with Gasteiger partial charge in [-0.05, 0) is 31.0 Å². The summed E-state index contributed by atoms with van der Waals surface area (Å²) in [5.41, 5.74) is 0.0478. The van der Waals surface area contributed by atoms with Gasteiger partial charge in [0, 0.05) is 31.0 Å². The standard InChI is InChI=1S/C16H13Cl2F3N2O/c17-12-7-11(23-5-1-2-6-23)8-13(18)15(12)24-14-4-3-10(9-22-14)16(19,20)21/h3-4,7-9H,1-2,5-6H2. The van der Waals surface area contributed by atoms with Crippen molar-refractivity contribution in [3.63, 3.8) is 0 Å². The Labute approximate surface area is 147 Å². The van der Waals surface area contributed by atoms with Gasteiger partial charge >= 0.3 is 6.18 Å². The Balaban J connectivity index is 1.82. The first-order valence-corrected chi connectivity index (χ1v) is 8.05. The summed E-state index contributed by atoms with van der Waals surface area (Å²) in [5, 5.41) is 0.567. The second kappa shape index (κ2) is 6.69. The van der Waals surface area contributed by atoms with Gasteiger partial charge in [0.1, 0.15) is 0 Å². The van der Waals surface area contributed by atoms with Crippen LogP contribution in [-0.2, 0) is 6.18 Å². The molecule has 2 heterocycles. The lowest BCUT2D eigenvalue weighted by atomic mass is 10.2. The minimum Gasteiger partial charge on any atom is -0.436 e. The molecule has 1 fully saturated rings. The third-order valence-corrected chi connectivity index (χ3v) is 4.29. The van der Waals surface area contributed by atoms with Crippen molar-refractivity contribution in [3.05, 3.63) is 46.1 Å². The zero-order valence-corrected chi connectivity index (χ0v) is 13.9. The summed E-state index contributed by atoms with van der Waals surface area (Å²) in [6.07, 6.45) is -1.51. The van der Waals surface area contributed by atoms with Crippen molar-refractivity contribution in [2.45, 2.75) is 19.0 Å². The van der Waals surface area contributed by atoms with Crippen LogP contribution in [0.25, 0.3) is 0 Å². The minimum absolute atomic E-state index is 0.0132. The Bertz CT molecular complexity index is 706. The number of benzene rings is 1. The molecule has 2 aromatic rings. The van der Waals surface area contributed by atoms with Crippen molar-refractivity contribution in [2.75, 3.05) is 18.0 Å². The van der Waals surface area contributed by atoms with E-state index in [-0.39, 0.29) is 21.7 Å². The van der Waals surface area contributed by atoms with E-state index in [1.54, 1.807) is 12.1 Å². The molecule has 0 amide bonds. The molecule has 1 saturated heterocycles. The molecule has 8 heteroatoms. The Morgan fingerprint density at radius 2 is 1.67 bits per heavy atom. The molecule has 3 nitrogen and oxygen atoms in total. The van der Waals surface area contributed by atoms with Crippen LogP contribution >= 0.6 is 23.2 Å². The summed E-state index contributed by atoms with van der Waals surface area (Å²) in [6, 6.07) is 5.49. The Morgan fingerprint density at radius 3 is 2.17 bits per heavy atom. The third kappa shape index (κ3) is 3.70. The zero-order chi connectivity index (χ0) is 17.3. The zero-order valence-electron chi connectivity index (χ0n) is 12.4. The molecule has 1 aromatic carbocycles. The van der Waals surface area contributed by atoms with E-state index in [1.807, 2.05) is 0 Å². The van der Waals surface area contributed by atoms with Gasteiger partial charge in [-0.3, -0.25) is 0 Å². The second-order valence-electron chi connectivity index (χ2n) is 5.42. The summed E-state index contributed by atoms with van der Waals surface area (Å²) in [7, 11) is 0. The number of aromatic nitrogens is 1. The number of anilines is 1. The van der Waals surface area contributed by atoms with Crippen LogP contribution in [0, 0.1) is 0 Å². The number of rotatable bonds is 3. The normalized spacial score (nSPS) is 15.0. The van der Waals surface area contributed by atoms with Crippen molar-refractivity contribution >= 4 is 28.9 Å². The maximum absolute atomic E-state index is 12.5. The van der Waals surface area contributed by atoms with Crippen molar-refractivity contribution < 1.29 is 17.9 Å². The molecule has 0 bridgehead atoms. The molecule has 128 valence electrons. The van der Waals surface area contributed by atoms with Gasteiger partial charge in [0.15, 0.2) is 5.75 Å². The highest BCUT2D eigenvalue weighted by molar-refractivity contribution is 6.37. The smallest absolute Gasteiger partial charge is 0.417 e. The molecule has 0 saturated carbocycles. The largest absolute Gasteiger partial charge is 0.436 e. The molecule has 0 atom stereocenters. The third-order valence-electron chi connectivity index (χ3n) is 3.72. The molecule has 1 aliphatic rings. The molecule has 1 aromatic heterocycles. The summed E-state index contributed by atoms with van der Waals surface area (Å²) < 4.78 is 43.1. The van der Waals surface area contributed by atoms with Crippen molar-refractivity contribution in [1.82, 2.24) is 4.98 Å². The van der Waals surface area contributed by atoms with E-state index < -0.39 is 11.7 Å². The second-order valence-corrected chi connectivity index (χ2v) is 6.23. The van der Waals surface area contributed by atoms with Crippen LogP contribution in [0.4, 0.5) is 18.9 Å². The molecule has 0 spiro atoms. The Morgan fingerprint density at radius 1 is 1.04 bits per heavy atom. The molecule has 0 aliphatic carbocycles. The van der Waals surface area contributed by atoms with Crippen LogP contribution in [0.5, 0.6) is 11.6 Å². The number of halogens is 5. The van der Waals surface area contributed by atoms with Gasteiger partial charge in [-0.1, -0.05) is 23.2 Å². The quantitative estimate of drug-likeness (QED) is 0.676. The lowest BCUT2D eigenvalue weighted by Crippen LogP contribution is -2.17. The molecule has 0 N–H and O–H groups in total. The maximum Gasteiger partial charge on any atom is 0.417 e. The van der Waals surface area contributed by atoms with Crippen molar-refractivity contribution in [1.29, 1.82) is 0 Å². The number of pyridine rings is 1. The average Bonchev–Trinajstić information content (AvgIpc) is 3.04. The first-order chi connectivity index (χ1) is 11.3. The maximum atomic E-state index is 12.5. The SMILES string of the molecule is FC(F)(F)c1ccc(Oc2c(Cl)cc(N3CCCC3)cc2Cl)nc1. The topological polar surface area (TPSA) is 25.4 Å². The molecule has 1 aliphatic heterocycles. The monoisotopic (exact) mass is 376 g/mol. The molecule has 0 unspecified atom stereocenters. The summed E-state index contributed by atoms with van der Waals surface area (Å²) in [4.78, 5) is 5.82. The first-order valence-electron chi connectivity index (χ1n) is 7.30. The lowest BCUT2D eigenvalue weighted by molar-refractivity contribution is -0.137. The number of hydrogen-bond donors (Lipinski definition) is 0. The van der Waals surface area contributed by atoms with E-state index in [0.29, 0.717) is 6.20 Å². The van der Waals surface area contributed by atoms with Crippen LogP contribution < -0.4 is 9.64 Å². The number of ether oxygens (including phenoxy) is 1. The van der Waals surface area contributed by atoms with E-state index in [1.165, 1.54) is 0 Å². The highest BCUT2D eigenvalue weighted by Gasteiger charge is 2.30. The fraction of sp³-hybridized carbons (Fsp3) is 0.312. The highest BCUT2D eigenvalue weighted by Crippen LogP contribution is 2.40. The molecule has 24 heavy (non-hydrogen) atoms. The number of nitrogens with zero attached hydrogens (tertiary/aromatic N) is 2. The molecular formula is C16H13Cl2F3N2O. The predicted molar refractivity (Wildman–Crippen MR) is 87.2 cm³/mol. The van der Waals surface area contributed by atoms with Crippen molar-refractivity contribution in [3.8, 4) is 11.6 Å². The van der Waals surface area contributed by atoms with E-state index in [4.69, 9.17) is 27.9 Å². The highest BCUT2D eigenvalue weighted by atomic mass is 35.5. The van der Waals surface area contributed by atoms with Gasteiger partial charge in [-0.25, -0.2) is 4.98 Å². The first kappa shape index (κ1) is 17.2. The van der Waals surface area contributed by atoms with Crippen LogP contribution in [0.2, 0.25) is 10.0 Å². The van der Waals surface area contributed by atoms with Crippen molar-refractivity contribution in [2.24, 2.45) is 0 Å². The average molecular weight is 377 g/mol. The fourth-order valence-electron chi connectivity index (χ4n) is 2.51. The van der Waals surface area contributed by atoms with Crippen LogP contribution in [0.1, 0.15) is 18.4 Å². The van der Waals surface area contributed by atoms with Crippen LogP contribution in [-0.4, -0.2) is 18.1 Å². The van der Waals surface area contributed by atoms with Crippen LogP contribution in [0.3, 0.4) is 0 Å². The number of alkyl halides is 3.